The predicted molar refractivity (Wildman–Crippen MR) is 47.5 cm³/mol. The lowest BCUT2D eigenvalue weighted by Crippen LogP contribution is -1.99. The Kier molecular flexibility index (Phi) is 1.85. The van der Waals surface area contributed by atoms with E-state index in [1.165, 1.54) is 10.7 Å². The summed E-state index contributed by atoms with van der Waals surface area (Å²) < 4.78 is 6.66. The van der Waals surface area contributed by atoms with Gasteiger partial charge in [0.2, 0.25) is 5.88 Å². The maximum atomic E-state index is 10.5. The molecule has 0 fully saturated rings. The zero-order valence-corrected chi connectivity index (χ0v) is 7.47. The molecule has 72 valence electrons. The van der Waals surface area contributed by atoms with Crippen LogP contribution < -0.4 is 0 Å². The van der Waals surface area contributed by atoms with Crippen molar-refractivity contribution in [1.29, 1.82) is 0 Å². The van der Waals surface area contributed by atoms with Gasteiger partial charge in [0.15, 0.2) is 5.69 Å². The summed E-state index contributed by atoms with van der Waals surface area (Å²) in [5.41, 5.74) is -0.000877. The van der Waals surface area contributed by atoms with E-state index in [-0.39, 0.29) is 5.69 Å². The van der Waals surface area contributed by atoms with Crippen LogP contribution in [-0.4, -0.2) is 20.9 Å². The van der Waals surface area contributed by atoms with Gasteiger partial charge >= 0.3 is 5.97 Å². The summed E-state index contributed by atoms with van der Waals surface area (Å²) in [5, 5.41) is 12.5. The van der Waals surface area contributed by atoms with Crippen LogP contribution in [0.3, 0.4) is 0 Å². The predicted octanol–water partition coefficient (Wildman–Crippen LogP) is 1.47. The molecule has 2 heterocycles. The van der Waals surface area contributed by atoms with E-state index >= 15 is 0 Å². The number of hydrogen-bond acceptors (Lipinski definition) is 3. The maximum absolute atomic E-state index is 10.5. The molecule has 0 spiro atoms. The topological polar surface area (TPSA) is 68.3 Å². The van der Waals surface area contributed by atoms with Crippen molar-refractivity contribution in [3.63, 3.8) is 0 Å². The van der Waals surface area contributed by atoms with Crippen molar-refractivity contribution in [2.24, 2.45) is 0 Å². The van der Waals surface area contributed by atoms with Crippen LogP contribution in [0, 0.1) is 6.92 Å². The largest absolute Gasteiger partial charge is 0.476 e. The van der Waals surface area contributed by atoms with Gasteiger partial charge in [-0.15, -0.1) is 0 Å². The van der Waals surface area contributed by atoms with Crippen LogP contribution >= 0.6 is 0 Å². The number of rotatable bonds is 2. The zero-order valence-electron chi connectivity index (χ0n) is 7.47. The number of aromatic carboxylic acids is 1. The highest BCUT2D eigenvalue weighted by atomic mass is 16.4. The van der Waals surface area contributed by atoms with Gasteiger partial charge in [-0.1, -0.05) is 0 Å². The lowest BCUT2D eigenvalue weighted by Gasteiger charge is -1.93. The number of furan rings is 1. The quantitative estimate of drug-likeness (QED) is 0.782. The summed E-state index contributed by atoms with van der Waals surface area (Å²) in [6, 6.07) is 4.94. The summed E-state index contributed by atoms with van der Waals surface area (Å²) in [6.07, 6.45) is 1.54. The molecule has 0 aliphatic heterocycles. The summed E-state index contributed by atoms with van der Waals surface area (Å²) >= 11 is 0. The van der Waals surface area contributed by atoms with Crippen LogP contribution in [0.25, 0.3) is 5.88 Å². The third kappa shape index (κ3) is 1.39. The molecule has 0 saturated carbocycles. The van der Waals surface area contributed by atoms with E-state index in [4.69, 9.17) is 9.52 Å². The molecule has 0 aliphatic carbocycles. The molecule has 1 N–H and O–H groups in total. The fourth-order valence-electron chi connectivity index (χ4n) is 1.11. The van der Waals surface area contributed by atoms with Gasteiger partial charge in [-0.2, -0.15) is 5.10 Å². The first-order valence-electron chi connectivity index (χ1n) is 4.02. The first kappa shape index (κ1) is 8.55. The molecule has 2 aromatic heterocycles. The molecule has 5 heteroatoms. The first-order chi connectivity index (χ1) is 6.66. The molecule has 2 aromatic rings. The molecule has 0 aliphatic rings. The summed E-state index contributed by atoms with van der Waals surface area (Å²) in [5.74, 6) is 0.217. The number of aryl methyl sites for hydroxylation is 1. The first-order valence-corrected chi connectivity index (χ1v) is 4.02. The van der Waals surface area contributed by atoms with Crippen LogP contribution in [0.15, 0.2) is 28.8 Å². The monoisotopic (exact) mass is 192 g/mol. The smallest absolute Gasteiger partial charge is 0.356 e. The van der Waals surface area contributed by atoms with Gasteiger partial charge in [-0.3, -0.25) is 0 Å². The van der Waals surface area contributed by atoms with Gasteiger partial charge in [0.05, 0.1) is 0 Å². The summed E-state index contributed by atoms with van der Waals surface area (Å²) in [7, 11) is 0. The van der Waals surface area contributed by atoms with Crippen molar-refractivity contribution in [2.75, 3.05) is 0 Å². The highest BCUT2D eigenvalue weighted by Crippen LogP contribution is 2.11. The van der Waals surface area contributed by atoms with Gasteiger partial charge in [-0.25, -0.2) is 9.48 Å². The molecule has 0 aromatic carbocycles. The van der Waals surface area contributed by atoms with Crippen LogP contribution in [0.5, 0.6) is 0 Å². The van der Waals surface area contributed by atoms with Crippen molar-refractivity contribution in [3.8, 4) is 5.88 Å². The minimum absolute atomic E-state index is 0.000877. The zero-order chi connectivity index (χ0) is 10.1. The molecule has 0 radical (unpaired) electrons. The molecule has 2 rings (SSSR count). The van der Waals surface area contributed by atoms with Gasteiger partial charge < -0.3 is 9.52 Å². The lowest BCUT2D eigenvalue weighted by atomic mass is 10.5. The number of hydrogen-bond donors (Lipinski definition) is 1. The number of carboxylic acids is 1. The van der Waals surface area contributed by atoms with Crippen molar-refractivity contribution in [2.45, 2.75) is 6.92 Å². The third-order valence-electron chi connectivity index (χ3n) is 1.76. The van der Waals surface area contributed by atoms with Crippen LogP contribution in [0.2, 0.25) is 0 Å². The molecule has 0 unspecified atom stereocenters. The molecular formula is C9H8N2O3. The molecule has 0 saturated heterocycles. The minimum Gasteiger partial charge on any atom is -0.476 e. The van der Waals surface area contributed by atoms with Gasteiger partial charge in [0.25, 0.3) is 0 Å². The molecule has 0 atom stereocenters. The van der Waals surface area contributed by atoms with E-state index in [1.807, 2.05) is 6.92 Å². The van der Waals surface area contributed by atoms with Crippen LogP contribution in [-0.2, 0) is 0 Å². The fraction of sp³-hybridized carbons (Fsp3) is 0.111. The van der Waals surface area contributed by atoms with E-state index < -0.39 is 5.97 Å². The van der Waals surface area contributed by atoms with Gasteiger partial charge in [0.1, 0.15) is 5.76 Å². The molecule has 0 amide bonds. The number of nitrogens with zero attached hydrogens (tertiary/aromatic N) is 2. The molecule has 14 heavy (non-hydrogen) atoms. The average molecular weight is 192 g/mol. The Morgan fingerprint density at radius 1 is 1.50 bits per heavy atom. The highest BCUT2D eigenvalue weighted by molar-refractivity contribution is 5.85. The van der Waals surface area contributed by atoms with E-state index in [9.17, 15) is 4.79 Å². The summed E-state index contributed by atoms with van der Waals surface area (Å²) in [6.45, 7) is 1.81. The van der Waals surface area contributed by atoms with E-state index in [0.717, 1.165) is 5.76 Å². The summed E-state index contributed by atoms with van der Waals surface area (Å²) in [4.78, 5) is 10.5. The van der Waals surface area contributed by atoms with Gasteiger partial charge in [-0.05, 0) is 19.1 Å². The normalized spacial score (nSPS) is 10.4. The fourth-order valence-corrected chi connectivity index (χ4v) is 1.11. The third-order valence-corrected chi connectivity index (χ3v) is 1.76. The Hall–Kier alpha value is -2.04. The number of carboxylic acid groups (broad SMARTS) is 1. The Bertz CT molecular complexity index is 470. The molecule has 0 bridgehead atoms. The Balaban J connectivity index is 2.38. The Morgan fingerprint density at radius 2 is 2.29 bits per heavy atom. The second-order valence-electron chi connectivity index (χ2n) is 2.83. The number of carbonyl (C=O) groups is 1. The van der Waals surface area contributed by atoms with Crippen molar-refractivity contribution in [3.05, 3.63) is 35.9 Å². The highest BCUT2D eigenvalue weighted by Gasteiger charge is 2.08. The SMILES string of the molecule is Cc1ccc(-n2ccc(C(=O)O)n2)o1. The Morgan fingerprint density at radius 3 is 2.79 bits per heavy atom. The van der Waals surface area contributed by atoms with E-state index in [1.54, 1.807) is 18.3 Å². The van der Waals surface area contributed by atoms with Crippen LogP contribution in [0.4, 0.5) is 0 Å². The number of aromatic nitrogens is 2. The second kappa shape index (κ2) is 3.02. The van der Waals surface area contributed by atoms with Crippen LogP contribution in [0.1, 0.15) is 16.2 Å². The standard InChI is InChI=1S/C9H8N2O3/c1-6-2-3-8(14-6)11-5-4-7(10-11)9(12)13/h2-5H,1H3,(H,12,13). The van der Waals surface area contributed by atoms with E-state index in [0.29, 0.717) is 5.88 Å². The van der Waals surface area contributed by atoms with Crippen molar-refractivity contribution < 1.29 is 14.3 Å². The van der Waals surface area contributed by atoms with Crippen molar-refractivity contribution in [1.82, 2.24) is 9.78 Å². The molecule has 5 nitrogen and oxygen atoms in total. The van der Waals surface area contributed by atoms with Gasteiger partial charge in [0, 0.05) is 12.3 Å². The molecular weight excluding hydrogens is 184 g/mol. The van der Waals surface area contributed by atoms with Crippen molar-refractivity contribution >= 4 is 5.97 Å². The average Bonchev–Trinajstić information content (AvgIpc) is 2.70. The Labute approximate surface area is 79.6 Å². The maximum Gasteiger partial charge on any atom is 0.356 e. The van der Waals surface area contributed by atoms with E-state index in [2.05, 4.69) is 5.10 Å². The second-order valence-corrected chi connectivity index (χ2v) is 2.83. The lowest BCUT2D eigenvalue weighted by molar-refractivity contribution is 0.0690. The minimum atomic E-state index is -1.05.